The average Bonchev–Trinajstić information content (AvgIpc) is 1.29. The summed E-state index contributed by atoms with van der Waals surface area (Å²) in [6, 6.07) is 25.9. The molecule has 4 fully saturated rings. The Hall–Kier alpha value is -12.7. The summed E-state index contributed by atoms with van der Waals surface area (Å²) < 4.78 is 48.4. The topological polar surface area (TPSA) is 400 Å². The second-order valence-electron chi connectivity index (χ2n) is 36.9. The highest BCUT2D eigenvalue weighted by atomic mass is 16.6. The van der Waals surface area contributed by atoms with Gasteiger partial charge in [-0.2, -0.15) is 0 Å². The fourth-order valence-corrected chi connectivity index (χ4v) is 19.0. The van der Waals surface area contributed by atoms with Gasteiger partial charge in [-0.25, -0.2) is 38.7 Å². The minimum atomic E-state index is -1.06. The molecule has 130 heavy (non-hydrogen) atoms. The summed E-state index contributed by atoms with van der Waals surface area (Å²) in [5.74, 6) is 1.39. The van der Waals surface area contributed by atoms with Crippen LogP contribution in [-0.2, 0) is 78.4 Å². The fourth-order valence-electron chi connectivity index (χ4n) is 19.0. The SMILES string of the molecule is COC(=O)N[C@H](C(=O)O)C(C)C.COC[C@H]1C[C@@H](C2=Nc3ccc4cc5c(cc4c3C2)OCc2cc(-c3cnc([C@@H]4CCCN4C(=O)C(NC(=O)OC)C(C)C)[nH]3)ccc2-5)N(C(=O)OC(C)(C)C)C1.COC[C@H]1C[C@@H](C2=Nc3ccc4cc5c(cc4c3C2)OCc2cc(-c3cnc([C@@H]4CCCN4C(=O)C(NC(=O)OC)C(C)C)[nH]3)ccc2-5)N(C(=O)[C@@H](NC(=O)OC)C(C)C)C1. The molecule has 2 unspecified atom stereocenters. The van der Waals surface area contributed by atoms with Crippen LogP contribution in [0.15, 0.2) is 107 Å². The Kier molecular flexibility index (Phi) is 28.6. The number of fused-ring (bicyclic) bond motifs is 12. The molecule has 8 amide bonds. The van der Waals surface area contributed by atoms with Gasteiger partial charge in [0.25, 0.3) is 0 Å². The molecule has 8 aliphatic rings. The number of carboxylic acids is 1. The van der Waals surface area contributed by atoms with Crippen LogP contribution in [0.2, 0.25) is 0 Å². The first-order chi connectivity index (χ1) is 62.2. The molecule has 4 saturated heterocycles. The van der Waals surface area contributed by atoms with E-state index in [4.69, 9.17) is 63.0 Å². The van der Waals surface area contributed by atoms with Crippen LogP contribution in [0.5, 0.6) is 11.5 Å². The van der Waals surface area contributed by atoms with Crippen LogP contribution in [0.1, 0.15) is 161 Å². The number of methoxy groups -OCH3 is 6. The molecule has 6 aromatic carbocycles. The van der Waals surface area contributed by atoms with Gasteiger partial charge in [-0.05, 0) is 198 Å². The molecular weight excluding hydrogens is 1670 g/mol. The summed E-state index contributed by atoms with van der Waals surface area (Å²) in [7, 11) is 8.44. The minimum absolute atomic E-state index is 0.108. The van der Waals surface area contributed by atoms with Crippen LogP contribution in [0.3, 0.4) is 0 Å². The first-order valence-electron chi connectivity index (χ1n) is 44.7. The molecule has 0 bridgehead atoms. The van der Waals surface area contributed by atoms with E-state index in [9.17, 15) is 43.2 Å². The van der Waals surface area contributed by atoms with E-state index in [1.54, 1.807) is 28.1 Å². The van der Waals surface area contributed by atoms with Crippen LogP contribution in [0, 0.1) is 35.5 Å². The van der Waals surface area contributed by atoms with Gasteiger partial charge < -0.3 is 93.7 Å². The van der Waals surface area contributed by atoms with Gasteiger partial charge in [-0.15, -0.1) is 0 Å². The Bertz CT molecular complexity index is 5690. The largest absolute Gasteiger partial charge is 0.488 e. The number of amides is 8. The molecule has 10 atom stereocenters. The number of rotatable bonds is 22. The summed E-state index contributed by atoms with van der Waals surface area (Å²) in [6.07, 6.45) is 6.68. The Labute approximate surface area is 756 Å². The van der Waals surface area contributed by atoms with Crippen LogP contribution < -0.4 is 30.7 Å². The summed E-state index contributed by atoms with van der Waals surface area (Å²) in [5.41, 5.74) is 15.4. The van der Waals surface area contributed by atoms with E-state index < -0.39 is 60.1 Å². The lowest BCUT2D eigenvalue weighted by atomic mass is 9.90. The molecule has 2 aromatic heterocycles. The molecular formula is C97H120N14O19. The Morgan fingerprint density at radius 2 is 0.862 bits per heavy atom. The second kappa shape index (κ2) is 39.7. The van der Waals surface area contributed by atoms with Crippen molar-refractivity contribution in [1.29, 1.82) is 0 Å². The number of ether oxygens (including phenoxy) is 9. The summed E-state index contributed by atoms with van der Waals surface area (Å²) >= 11 is 0. The van der Waals surface area contributed by atoms with Gasteiger partial charge in [0, 0.05) is 87.6 Å². The quantitative estimate of drug-likeness (QED) is 0.0310. The van der Waals surface area contributed by atoms with Crippen LogP contribution in [-0.4, -0.2) is 234 Å². The maximum absolute atomic E-state index is 14.1. The molecule has 692 valence electrons. The number of hydrogen-bond donors (Lipinski definition) is 7. The molecule has 8 aromatic rings. The number of H-pyrrole nitrogens is 2. The first-order valence-corrected chi connectivity index (χ1v) is 44.7. The predicted octanol–water partition coefficient (Wildman–Crippen LogP) is 14.9. The van der Waals surface area contributed by atoms with Gasteiger partial charge in [0.2, 0.25) is 17.7 Å². The highest BCUT2D eigenvalue weighted by Crippen LogP contribution is 2.49. The molecule has 16 rings (SSSR count). The van der Waals surface area contributed by atoms with Crippen LogP contribution in [0.4, 0.5) is 35.3 Å². The van der Waals surface area contributed by atoms with Crippen molar-refractivity contribution in [3.05, 3.63) is 131 Å². The monoisotopic (exact) mass is 1780 g/mol. The number of aromatic nitrogens is 4. The number of carbonyl (C=O) groups is 9. The standard InChI is InChI=1S/C46H55N7O8.C44H52N6O7.C7H13NO4/c1-24(2)40(50-45(56)59-6)43(54)52-14-8-9-37(52)42-47-20-36(49-42)28-10-12-30-29(16-28)23-61-39-19-31-27(17-33(30)39)11-13-34-32(31)18-35(48-34)38-15-26(22-58-5)21-53(38)44(55)41(25(3)4)51-46(57)60-7;1-24(2)39(48-42(52)55-7)41(51)49-14-8-9-36(49)40-45-20-35(47-40)27-10-12-29-28(16-27)23-56-38-19-30-26(17-32(29)38)11-13-33-31(30)18-34(46-33)37-15-25(22-54-6)21-50(37)43(53)57-44(3,4)5;1-4(2)5(6(9)10)8-7(11)12-3/h10-13,16-17,19-20,24-26,37-38,40-41H,8-9,14-15,18,21-23H2,1-7H3,(H,47,49)(H,50,56)(H,51,57);10-13,16-17,19-20,24-25,36-37,39H,8-9,14-15,18,21-23H2,1-7H3,(H,45,47)(H,48,52);4-5H,1-3H3,(H,8,11)(H,9,10)/t26-,37-,38-,40?,41-;25-,36-,37-,39?;5-/m000/s1. The number of carbonyl (C=O) groups excluding carboxylic acids is 8. The van der Waals surface area contributed by atoms with E-state index >= 15 is 0 Å². The van der Waals surface area contributed by atoms with Crippen molar-refractivity contribution in [2.24, 2.45) is 45.5 Å². The zero-order valence-electron chi connectivity index (χ0n) is 77.0. The average molecular weight is 1790 g/mol. The van der Waals surface area contributed by atoms with Gasteiger partial charge >= 0.3 is 36.4 Å². The number of nitrogens with one attached hydrogen (secondary N) is 6. The first kappa shape index (κ1) is 93.5. The Morgan fingerprint density at radius 3 is 1.24 bits per heavy atom. The van der Waals surface area contributed by atoms with E-state index in [0.29, 0.717) is 71.3 Å². The molecule has 0 spiro atoms. The predicted molar refractivity (Wildman–Crippen MR) is 488 cm³/mol. The molecule has 10 heterocycles. The fraction of sp³-hybridized carbons (Fsp3) is 0.495. The number of aliphatic imine (C=N–C) groups is 2. The van der Waals surface area contributed by atoms with E-state index in [0.717, 1.165) is 167 Å². The van der Waals surface area contributed by atoms with Crippen molar-refractivity contribution in [3.8, 4) is 56.3 Å². The highest BCUT2D eigenvalue weighted by molar-refractivity contribution is 6.08. The molecule has 33 heteroatoms. The minimum Gasteiger partial charge on any atom is -0.488 e. The van der Waals surface area contributed by atoms with Crippen molar-refractivity contribution in [2.75, 3.05) is 82.1 Å². The van der Waals surface area contributed by atoms with E-state index in [1.165, 1.54) is 28.4 Å². The van der Waals surface area contributed by atoms with Crippen LogP contribution in [0.25, 0.3) is 66.3 Å². The molecule has 8 aliphatic heterocycles. The zero-order valence-corrected chi connectivity index (χ0v) is 77.0. The molecule has 7 N–H and O–H groups in total. The highest BCUT2D eigenvalue weighted by Gasteiger charge is 2.46. The van der Waals surface area contributed by atoms with E-state index in [2.05, 4.69) is 121 Å². The Balaban J connectivity index is 0.000000186. The number of nitrogens with zero attached hydrogens (tertiary/aromatic N) is 8. The van der Waals surface area contributed by atoms with Crippen molar-refractivity contribution in [1.82, 2.24) is 60.8 Å². The number of aliphatic carboxylic acids is 1. The van der Waals surface area contributed by atoms with Crippen molar-refractivity contribution >= 4 is 98.5 Å². The lowest BCUT2D eigenvalue weighted by Gasteiger charge is -2.31. The molecule has 0 aliphatic carbocycles. The second-order valence-corrected chi connectivity index (χ2v) is 36.9. The zero-order chi connectivity index (χ0) is 93.0. The normalized spacial score (nSPS) is 19.6. The number of imidazole rings is 2. The summed E-state index contributed by atoms with van der Waals surface area (Å²) in [5, 5.41) is 23.3. The number of likely N-dealkylation sites (tertiary alicyclic amines) is 4. The van der Waals surface area contributed by atoms with E-state index in [-0.39, 0.29) is 83.5 Å². The number of hydrogen-bond acceptors (Lipinski definition) is 22. The number of alkyl carbamates (subject to hydrolysis) is 4. The molecule has 0 radical (unpaired) electrons. The maximum atomic E-state index is 14.1. The van der Waals surface area contributed by atoms with Gasteiger partial charge in [0.05, 0.1) is 101 Å². The lowest BCUT2D eigenvalue weighted by molar-refractivity contribution is -0.140. The Morgan fingerprint density at radius 1 is 0.477 bits per heavy atom. The third-order valence-corrected chi connectivity index (χ3v) is 25.6. The smallest absolute Gasteiger partial charge is 0.410 e. The number of benzene rings is 6. The van der Waals surface area contributed by atoms with Gasteiger partial charge in [-0.3, -0.25) is 29.3 Å². The summed E-state index contributed by atoms with van der Waals surface area (Å²) in [4.78, 5) is 146. The third-order valence-electron chi connectivity index (χ3n) is 25.6. The van der Waals surface area contributed by atoms with E-state index in [1.807, 2.05) is 94.3 Å². The molecule has 0 saturated carbocycles. The number of carboxylic acid groups (broad SMARTS) is 1. The van der Waals surface area contributed by atoms with Crippen LogP contribution >= 0.6 is 0 Å². The van der Waals surface area contributed by atoms with Gasteiger partial charge in [0.15, 0.2) is 0 Å². The lowest BCUT2D eigenvalue weighted by Crippen LogP contribution is -2.53. The number of aromatic amines is 2. The maximum Gasteiger partial charge on any atom is 0.410 e. The summed E-state index contributed by atoms with van der Waals surface area (Å²) in [6.45, 7) is 24.7. The third kappa shape index (κ3) is 20.0. The van der Waals surface area contributed by atoms with Gasteiger partial charge in [0.1, 0.15) is 66.1 Å². The van der Waals surface area contributed by atoms with Crippen molar-refractivity contribution < 1.29 is 90.9 Å². The molecule has 33 nitrogen and oxygen atoms in total. The van der Waals surface area contributed by atoms with Crippen molar-refractivity contribution in [3.63, 3.8) is 0 Å². The van der Waals surface area contributed by atoms with Crippen molar-refractivity contribution in [2.45, 2.75) is 195 Å². The van der Waals surface area contributed by atoms with Gasteiger partial charge in [-0.1, -0.05) is 91.8 Å².